The maximum atomic E-state index is 13.6. The zero-order valence-corrected chi connectivity index (χ0v) is 7.02. The molecule has 3 nitrogen and oxygen atoms in total. The molecule has 1 N–H and O–H groups in total. The predicted octanol–water partition coefficient (Wildman–Crippen LogP) is 0.394. The number of carbonyl (C=O) groups excluding carboxylic acids is 1. The minimum atomic E-state index is -1.16. The average Bonchev–Trinajstić information content (AvgIpc) is 2.57. The van der Waals surface area contributed by atoms with Crippen LogP contribution in [0.25, 0.3) is 0 Å². The van der Waals surface area contributed by atoms with Gasteiger partial charge in [-0.1, -0.05) is 0 Å². The fourth-order valence-electron chi connectivity index (χ4n) is 2.23. The van der Waals surface area contributed by atoms with Gasteiger partial charge in [-0.05, 0) is 12.8 Å². The van der Waals surface area contributed by atoms with Crippen LogP contribution in [0.15, 0.2) is 0 Å². The lowest BCUT2D eigenvalue weighted by atomic mass is 10.00. The van der Waals surface area contributed by atoms with Crippen molar-refractivity contribution in [2.75, 3.05) is 13.7 Å². The summed E-state index contributed by atoms with van der Waals surface area (Å²) >= 11 is 0. The molecule has 2 fully saturated rings. The number of ether oxygens (including phenoxy) is 1. The minimum Gasteiger partial charge on any atom is -0.468 e. The van der Waals surface area contributed by atoms with Crippen LogP contribution in [0.1, 0.15) is 19.3 Å². The van der Waals surface area contributed by atoms with Gasteiger partial charge in [-0.3, -0.25) is 10.1 Å². The summed E-state index contributed by atoms with van der Waals surface area (Å²) in [6, 6.07) is 0. The number of nitrogens with one attached hydrogen (secondary N) is 1. The average molecular weight is 173 g/mol. The second kappa shape index (κ2) is 2.19. The van der Waals surface area contributed by atoms with E-state index in [9.17, 15) is 9.18 Å². The predicted molar refractivity (Wildman–Crippen MR) is 40.4 cm³/mol. The molecule has 0 radical (unpaired) electrons. The molecule has 0 aromatic carbocycles. The summed E-state index contributed by atoms with van der Waals surface area (Å²) in [5.74, 6) is -0.320. The smallest absolute Gasteiger partial charge is 0.326 e. The van der Waals surface area contributed by atoms with Crippen LogP contribution < -0.4 is 5.32 Å². The van der Waals surface area contributed by atoms with Gasteiger partial charge < -0.3 is 4.74 Å². The number of fused-ring (bicyclic) bond motifs is 2. The molecule has 4 heteroatoms. The summed E-state index contributed by atoms with van der Waals surface area (Å²) in [5.41, 5.74) is -1.86. The van der Waals surface area contributed by atoms with E-state index >= 15 is 0 Å². The molecule has 12 heavy (non-hydrogen) atoms. The van der Waals surface area contributed by atoms with Gasteiger partial charge in [-0.15, -0.1) is 0 Å². The van der Waals surface area contributed by atoms with Gasteiger partial charge in [0.1, 0.15) is 11.2 Å². The van der Waals surface area contributed by atoms with Crippen LogP contribution in [0, 0.1) is 0 Å². The van der Waals surface area contributed by atoms with Crippen LogP contribution in [-0.4, -0.2) is 30.8 Å². The highest BCUT2D eigenvalue weighted by Gasteiger charge is 2.59. The van der Waals surface area contributed by atoms with Crippen molar-refractivity contribution in [2.45, 2.75) is 30.5 Å². The molecule has 68 valence electrons. The van der Waals surface area contributed by atoms with E-state index in [4.69, 9.17) is 0 Å². The molecule has 2 aliphatic rings. The Morgan fingerprint density at radius 1 is 1.58 bits per heavy atom. The largest absolute Gasteiger partial charge is 0.468 e. The van der Waals surface area contributed by atoms with Crippen molar-refractivity contribution < 1.29 is 13.9 Å². The topological polar surface area (TPSA) is 38.3 Å². The normalized spacial score (nSPS) is 44.8. The molecule has 0 spiro atoms. The first-order chi connectivity index (χ1) is 5.60. The third-order valence-electron chi connectivity index (χ3n) is 2.94. The SMILES string of the molecule is COC(=O)C12CCC(F)(CN1)C2. The zero-order valence-electron chi connectivity index (χ0n) is 7.02. The van der Waals surface area contributed by atoms with E-state index in [0.717, 1.165) is 0 Å². The minimum absolute atomic E-state index is 0.284. The second-order valence-electron chi connectivity index (χ2n) is 3.75. The lowest BCUT2D eigenvalue weighted by Gasteiger charge is -2.24. The molecule has 1 saturated heterocycles. The molecule has 1 aliphatic heterocycles. The number of piperidine rings is 1. The Hall–Kier alpha value is -0.640. The highest BCUT2D eigenvalue weighted by molar-refractivity contribution is 5.82. The van der Waals surface area contributed by atoms with Gasteiger partial charge in [-0.2, -0.15) is 0 Å². The van der Waals surface area contributed by atoms with Crippen LogP contribution >= 0.6 is 0 Å². The third kappa shape index (κ3) is 0.874. The van der Waals surface area contributed by atoms with Gasteiger partial charge in [0.25, 0.3) is 0 Å². The quantitative estimate of drug-likeness (QED) is 0.583. The highest BCUT2D eigenvalue weighted by atomic mass is 19.1. The molecule has 2 rings (SSSR count). The van der Waals surface area contributed by atoms with E-state index in [2.05, 4.69) is 10.1 Å². The van der Waals surface area contributed by atoms with Crippen LogP contribution in [0.3, 0.4) is 0 Å². The maximum Gasteiger partial charge on any atom is 0.326 e. The summed E-state index contributed by atoms with van der Waals surface area (Å²) in [6.07, 6.45) is 1.33. The lowest BCUT2D eigenvalue weighted by molar-refractivity contribution is -0.147. The molecule has 0 aromatic rings. The van der Waals surface area contributed by atoms with Gasteiger partial charge >= 0.3 is 5.97 Å². The van der Waals surface area contributed by atoms with E-state index in [1.165, 1.54) is 7.11 Å². The van der Waals surface area contributed by atoms with E-state index in [1.54, 1.807) is 0 Å². The van der Waals surface area contributed by atoms with E-state index in [1.807, 2.05) is 0 Å². The number of esters is 1. The van der Waals surface area contributed by atoms with Crippen molar-refractivity contribution in [3.8, 4) is 0 Å². The number of halogens is 1. The van der Waals surface area contributed by atoms with Gasteiger partial charge in [0.2, 0.25) is 0 Å². The molecule has 0 aromatic heterocycles. The fourth-order valence-corrected chi connectivity index (χ4v) is 2.23. The first kappa shape index (κ1) is 7.98. The fraction of sp³-hybridized carbons (Fsp3) is 0.875. The molecule has 0 amide bonds. The van der Waals surface area contributed by atoms with Gasteiger partial charge in [0, 0.05) is 13.0 Å². The summed E-state index contributed by atoms with van der Waals surface area (Å²) in [7, 11) is 1.34. The van der Waals surface area contributed by atoms with Crippen LogP contribution in [-0.2, 0) is 9.53 Å². The molecule has 1 aliphatic carbocycles. The van der Waals surface area contributed by atoms with Crippen molar-refractivity contribution in [2.24, 2.45) is 0 Å². The van der Waals surface area contributed by atoms with Crippen molar-refractivity contribution in [3.63, 3.8) is 0 Å². The number of hydrogen-bond donors (Lipinski definition) is 1. The third-order valence-corrected chi connectivity index (χ3v) is 2.94. The summed E-state index contributed by atoms with van der Waals surface area (Å²) in [5, 5.41) is 2.91. The monoisotopic (exact) mass is 173 g/mol. The van der Waals surface area contributed by atoms with Crippen LogP contribution in [0.2, 0.25) is 0 Å². The first-order valence-electron chi connectivity index (χ1n) is 4.13. The molecule has 2 unspecified atom stereocenters. The Balaban J connectivity index is 2.20. The Morgan fingerprint density at radius 2 is 2.33 bits per heavy atom. The summed E-state index contributed by atoms with van der Waals surface area (Å²) in [4.78, 5) is 11.3. The van der Waals surface area contributed by atoms with Crippen molar-refractivity contribution >= 4 is 5.97 Å². The molecule has 2 atom stereocenters. The zero-order chi connectivity index (χ0) is 8.82. The number of hydrogen-bond acceptors (Lipinski definition) is 3. The number of alkyl halides is 1. The van der Waals surface area contributed by atoms with E-state index in [-0.39, 0.29) is 12.4 Å². The Bertz CT molecular complexity index is 221. The van der Waals surface area contributed by atoms with Gasteiger partial charge in [-0.25, -0.2) is 4.39 Å². The number of rotatable bonds is 1. The van der Waals surface area contributed by atoms with E-state index < -0.39 is 11.2 Å². The molecular formula is C8H12FNO2. The van der Waals surface area contributed by atoms with Gasteiger partial charge in [0.15, 0.2) is 0 Å². The summed E-state index contributed by atoms with van der Waals surface area (Å²) in [6.45, 7) is 0.294. The van der Waals surface area contributed by atoms with Crippen molar-refractivity contribution in [3.05, 3.63) is 0 Å². The number of methoxy groups -OCH3 is 1. The first-order valence-corrected chi connectivity index (χ1v) is 4.13. The van der Waals surface area contributed by atoms with Crippen molar-refractivity contribution in [1.82, 2.24) is 5.32 Å². The Kier molecular flexibility index (Phi) is 1.46. The van der Waals surface area contributed by atoms with Gasteiger partial charge in [0.05, 0.1) is 7.11 Å². The van der Waals surface area contributed by atoms with Crippen LogP contribution in [0.4, 0.5) is 4.39 Å². The number of carbonyl (C=O) groups is 1. The molecule has 1 heterocycles. The second-order valence-corrected chi connectivity index (χ2v) is 3.75. The lowest BCUT2D eigenvalue weighted by Crippen LogP contribution is -2.48. The molecule has 1 saturated carbocycles. The Morgan fingerprint density at radius 3 is 2.67 bits per heavy atom. The summed E-state index contributed by atoms with van der Waals surface area (Å²) < 4.78 is 18.2. The van der Waals surface area contributed by atoms with E-state index in [0.29, 0.717) is 19.4 Å². The van der Waals surface area contributed by atoms with Crippen molar-refractivity contribution in [1.29, 1.82) is 0 Å². The molecule has 2 bridgehead atoms. The van der Waals surface area contributed by atoms with Crippen LogP contribution in [0.5, 0.6) is 0 Å². The Labute approximate surface area is 70.3 Å². The molecular weight excluding hydrogens is 161 g/mol. The standard InChI is InChI=1S/C8H12FNO2/c1-12-6(11)8-3-2-7(9,4-8)5-10-8/h10H,2-5H2,1H3. The maximum absolute atomic E-state index is 13.6. The highest BCUT2D eigenvalue weighted by Crippen LogP contribution is 2.45.